The van der Waals surface area contributed by atoms with E-state index in [1.165, 1.54) is 9.80 Å². The van der Waals surface area contributed by atoms with Crippen LogP contribution < -0.4 is 5.32 Å². The highest BCUT2D eigenvalue weighted by atomic mass is 16.6. The van der Waals surface area contributed by atoms with Crippen LogP contribution in [-0.4, -0.2) is 64.9 Å². The van der Waals surface area contributed by atoms with Crippen LogP contribution in [0.2, 0.25) is 0 Å². The third-order valence-corrected chi connectivity index (χ3v) is 3.50. The molecule has 0 saturated carbocycles. The van der Waals surface area contributed by atoms with Gasteiger partial charge in [-0.1, -0.05) is 0 Å². The Morgan fingerprint density at radius 3 is 2.45 bits per heavy atom. The third kappa shape index (κ3) is 3.75. The van der Waals surface area contributed by atoms with Gasteiger partial charge in [0, 0.05) is 19.5 Å². The van der Waals surface area contributed by atoms with Crippen molar-refractivity contribution >= 4 is 23.8 Å². The standard InChI is InChI=1S/C14H21N3O5/c1-14(2,3)22-13(21)16-6-7-17(11(19)8-16)9-4-5-10(18)15-12(9)20/h9H,4-8H2,1-3H3,(H,15,18,20)/t9-/m1/s1. The lowest BCUT2D eigenvalue weighted by molar-refractivity contribution is -0.148. The number of piperazine rings is 1. The molecule has 1 N–H and O–H groups in total. The summed E-state index contributed by atoms with van der Waals surface area (Å²) in [7, 11) is 0. The predicted octanol–water partition coefficient (Wildman–Crippen LogP) is -0.129. The Morgan fingerprint density at radius 2 is 1.91 bits per heavy atom. The van der Waals surface area contributed by atoms with Gasteiger partial charge in [0.2, 0.25) is 17.7 Å². The van der Waals surface area contributed by atoms with E-state index in [0.29, 0.717) is 13.0 Å². The second-order valence-corrected chi connectivity index (χ2v) is 6.46. The summed E-state index contributed by atoms with van der Waals surface area (Å²) in [6, 6.07) is -0.633. The van der Waals surface area contributed by atoms with Crippen LogP contribution in [0, 0.1) is 0 Å². The molecule has 2 saturated heterocycles. The maximum atomic E-state index is 12.2. The zero-order valence-corrected chi connectivity index (χ0v) is 13.0. The molecular formula is C14H21N3O5. The fourth-order valence-corrected chi connectivity index (χ4v) is 2.48. The van der Waals surface area contributed by atoms with Crippen molar-refractivity contribution in [1.29, 1.82) is 0 Å². The van der Waals surface area contributed by atoms with Gasteiger partial charge in [0.25, 0.3) is 0 Å². The molecule has 0 aromatic rings. The number of rotatable bonds is 1. The fraction of sp³-hybridized carbons (Fsp3) is 0.714. The Bertz CT molecular complexity index is 511. The number of amides is 4. The van der Waals surface area contributed by atoms with Gasteiger partial charge in [-0.3, -0.25) is 24.6 Å². The molecule has 0 aliphatic carbocycles. The molecule has 0 aromatic heterocycles. The van der Waals surface area contributed by atoms with Crippen LogP contribution in [0.25, 0.3) is 0 Å². The largest absolute Gasteiger partial charge is 0.444 e. The summed E-state index contributed by atoms with van der Waals surface area (Å²) in [6.07, 6.45) is 0.00231. The first-order valence-electron chi connectivity index (χ1n) is 7.28. The number of ether oxygens (including phenoxy) is 1. The van der Waals surface area contributed by atoms with Gasteiger partial charge in [-0.15, -0.1) is 0 Å². The number of hydrogen-bond donors (Lipinski definition) is 1. The van der Waals surface area contributed by atoms with E-state index in [4.69, 9.17) is 4.74 Å². The van der Waals surface area contributed by atoms with Crippen molar-refractivity contribution < 1.29 is 23.9 Å². The van der Waals surface area contributed by atoms with Crippen LogP contribution >= 0.6 is 0 Å². The smallest absolute Gasteiger partial charge is 0.410 e. The molecule has 2 fully saturated rings. The normalized spacial score (nSPS) is 23.4. The number of carbonyl (C=O) groups is 4. The second kappa shape index (κ2) is 5.94. The topological polar surface area (TPSA) is 96.0 Å². The molecule has 0 bridgehead atoms. The average molecular weight is 311 g/mol. The molecule has 0 spiro atoms. The first kappa shape index (κ1) is 16.3. The van der Waals surface area contributed by atoms with Crippen LogP contribution in [-0.2, 0) is 19.1 Å². The lowest BCUT2D eigenvalue weighted by Gasteiger charge is -2.39. The number of carbonyl (C=O) groups excluding carboxylic acids is 4. The van der Waals surface area contributed by atoms with E-state index in [9.17, 15) is 19.2 Å². The Labute approximate surface area is 128 Å². The van der Waals surface area contributed by atoms with Gasteiger partial charge in [-0.2, -0.15) is 0 Å². The first-order valence-corrected chi connectivity index (χ1v) is 7.28. The van der Waals surface area contributed by atoms with Gasteiger partial charge < -0.3 is 9.64 Å². The highest BCUT2D eigenvalue weighted by molar-refractivity contribution is 6.02. The van der Waals surface area contributed by atoms with Crippen LogP contribution in [0.5, 0.6) is 0 Å². The number of imide groups is 1. The summed E-state index contributed by atoms with van der Waals surface area (Å²) in [5.74, 6) is -1.08. The molecule has 0 unspecified atom stereocenters. The molecule has 1 atom stereocenters. The summed E-state index contributed by atoms with van der Waals surface area (Å²) in [4.78, 5) is 49.9. The van der Waals surface area contributed by atoms with E-state index in [1.807, 2.05) is 0 Å². The highest BCUT2D eigenvalue weighted by Crippen LogP contribution is 2.17. The van der Waals surface area contributed by atoms with E-state index in [2.05, 4.69) is 5.32 Å². The third-order valence-electron chi connectivity index (χ3n) is 3.50. The molecule has 2 aliphatic rings. The van der Waals surface area contributed by atoms with Crippen LogP contribution in [0.1, 0.15) is 33.6 Å². The van der Waals surface area contributed by atoms with Gasteiger partial charge >= 0.3 is 6.09 Å². The van der Waals surface area contributed by atoms with E-state index in [-0.39, 0.29) is 31.3 Å². The summed E-state index contributed by atoms with van der Waals surface area (Å²) >= 11 is 0. The molecule has 2 rings (SSSR count). The van der Waals surface area contributed by atoms with E-state index in [1.54, 1.807) is 20.8 Å². The number of piperidine rings is 1. The highest BCUT2D eigenvalue weighted by Gasteiger charge is 2.38. The number of nitrogens with zero attached hydrogens (tertiary/aromatic N) is 2. The molecule has 0 radical (unpaired) electrons. The van der Waals surface area contributed by atoms with Crippen LogP contribution in [0.3, 0.4) is 0 Å². The SMILES string of the molecule is CC(C)(C)OC(=O)N1CCN([C@@H]2CCC(=O)NC2=O)C(=O)C1. The molecular weight excluding hydrogens is 290 g/mol. The molecule has 0 aromatic carbocycles. The Hall–Kier alpha value is -2.12. The van der Waals surface area contributed by atoms with E-state index < -0.39 is 23.6 Å². The first-order chi connectivity index (χ1) is 10.2. The van der Waals surface area contributed by atoms with E-state index in [0.717, 1.165) is 0 Å². The zero-order valence-electron chi connectivity index (χ0n) is 13.0. The Kier molecular flexibility index (Phi) is 4.39. The molecule has 2 aliphatic heterocycles. The van der Waals surface area contributed by atoms with Crippen molar-refractivity contribution in [3.63, 3.8) is 0 Å². The Balaban J connectivity index is 1.96. The molecule has 8 nitrogen and oxygen atoms in total. The van der Waals surface area contributed by atoms with E-state index >= 15 is 0 Å². The lowest BCUT2D eigenvalue weighted by atomic mass is 10.0. The maximum absolute atomic E-state index is 12.2. The van der Waals surface area contributed by atoms with Gasteiger partial charge in [-0.25, -0.2) is 4.79 Å². The monoisotopic (exact) mass is 311 g/mol. The maximum Gasteiger partial charge on any atom is 0.410 e. The minimum Gasteiger partial charge on any atom is -0.444 e. The predicted molar refractivity (Wildman–Crippen MR) is 75.7 cm³/mol. The van der Waals surface area contributed by atoms with Crippen molar-refractivity contribution in [3.05, 3.63) is 0 Å². The van der Waals surface area contributed by atoms with Crippen molar-refractivity contribution in [2.45, 2.75) is 45.3 Å². The van der Waals surface area contributed by atoms with Crippen molar-refractivity contribution in [2.75, 3.05) is 19.6 Å². The minimum atomic E-state index is -0.633. The van der Waals surface area contributed by atoms with Gasteiger partial charge in [0.15, 0.2) is 0 Å². The summed E-state index contributed by atoms with van der Waals surface area (Å²) in [6.45, 7) is 5.71. The lowest BCUT2D eigenvalue weighted by Crippen LogP contribution is -2.61. The van der Waals surface area contributed by atoms with Crippen molar-refractivity contribution in [1.82, 2.24) is 15.1 Å². The number of hydrogen-bond acceptors (Lipinski definition) is 5. The average Bonchev–Trinajstić information content (AvgIpc) is 2.37. The summed E-state index contributed by atoms with van der Waals surface area (Å²) < 4.78 is 5.23. The fourth-order valence-electron chi connectivity index (χ4n) is 2.48. The van der Waals surface area contributed by atoms with Gasteiger partial charge in [0.05, 0.1) is 0 Å². The molecule has 4 amide bonds. The van der Waals surface area contributed by atoms with Crippen LogP contribution in [0.4, 0.5) is 4.79 Å². The quantitative estimate of drug-likeness (QED) is 0.681. The second-order valence-electron chi connectivity index (χ2n) is 6.46. The van der Waals surface area contributed by atoms with Gasteiger partial charge in [0.1, 0.15) is 18.2 Å². The molecule has 22 heavy (non-hydrogen) atoms. The zero-order chi connectivity index (χ0) is 16.5. The van der Waals surface area contributed by atoms with Crippen molar-refractivity contribution in [3.8, 4) is 0 Å². The molecule has 122 valence electrons. The Morgan fingerprint density at radius 1 is 1.23 bits per heavy atom. The summed E-state index contributed by atoms with van der Waals surface area (Å²) in [5, 5.41) is 2.24. The van der Waals surface area contributed by atoms with Gasteiger partial charge in [-0.05, 0) is 27.2 Å². The minimum absolute atomic E-state index is 0.118. The number of nitrogens with one attached hydrogen (secondary N) is 1. The van der Waals surface area contributed by atoms with Crippen molar-refractivity contribution in [2.24, 2.45) is 0 Å². The molecule has 8 heteroatoms. The molecule has 2 heterocycles. The van der Waals surface area contributed by atoms with Crippen LogP contribution in [0.15, 0.2) is 0 Å². The summed E-state index contributed by atoms with van der Waals surface area (Å²) in [5.41, 5.74) is -0.624.